The molecule has 0 aliphatic carbocycles. The molecule has 4 nitrogen and oxygen atoms in total. The van der Waals surface area contributed by atoms with Crippen molar-refractivity contribution in [2.75, 3.05) is 0 Å². The highest BCUT2D eigenvalue weighted by Gasteiger charge is 2.19. The van der Waals surface area contributed by atoms with Gasteiger partial charge in [0.1, 0.15) is 11.2 Å². The Balaban J connectivity index is 1.07. The van der Waals surface area contributed by atoms with Crippen molar-refractivity contribution in [3.63, 3.8) is 0 Å². The molecule has 2 heterocycles. The van der Waals surface area contributed by atoms with Crippen molar-refractivity contribution < 1.29 is 4.42 Å². The van der Waals surface area contributed by atoms with Gasteiger partial charge < -0.3 is 4.42 Å². The SMILES string of the molecule is c1ccc(-c2cccc(-c3nc(-c4ccc5ccccc5c4)nc(-c4cccc5oc6cc(-c7cccc8c(-c9ccccc9)cccc78)ccc6c45)n3)c2)cc1. The highest BCUT2D eigenvalue weighted by atomic mass is 16.3. The molecule has 0 spiro atoms. The highest BCUT2D eigenvalue weighted by molar-refractivity contribution is 6.13. The molecule has 0 aliphatic rings. The second-order valence-electron chi connectivity index (χ2n) is 14.4. The Kier molecular flexibility index (Phi) is 7.78. The predicted molar refractivity (Wildman–Crippen MR) is 235 cm³/mol. The summed E-state index contributed by atoms with van der Waals surface area (Å²) in [6.07, 6.45) is 0. The van der Waals surface area contributed by atoms with Gasteiger partial charge in [-0.05, 0) is 85.3 Å². The molecule has 0 bridgehead atoms. The fraction of sp³-hybridized carbons (Fsp3) is 0. The third kappa shape index (κ3) is 5.83. The van der Waals surface area contributed by atoms with Crippen LogP contribution in [0, 0.1) is 0 Å². The average molecular weight is 728 g/mol. The summed E-state index contributed by atoms with van der Waals surface area (Å²) in [7, 11) is 0. The number of furan rings is 1. The van der Waals surface area contributed by atoms with Crippen LogP contribution in [0.1, 0.15) is 0 Å². The van der Waals surface area contributed by atoms with Gasteiger partial charge in [-0.3, -0.25) is 0 Å². The monoisotopic (exact) mass is 727 g/mol. The zero-order chi connectivity index (χ0) is 37.7. The molecule has 9 aromatic carbocycles. The summed E-state index contributed by atoms with van der Waals surface area (Å²) in [6.45, 7) is 0. The third-order valence-corrected chi connectivity index (χ3v) is 10.9. The molecule has 0 saturated heterocycles. The van der Waals surface area contributed by atoms with Crippen molar-refractivity contribution in [1.82, 2.24) is 15.0 Å². The third-order valence-electron chi connectivity index (χ3n) is 10.9. The largest absolute Gasteiger partial charge is 0.456 e. The number of nitrogens with zero attached hydrogens (tertiary/aromatic N) is 3. The molecular formula is C53H33N3O. The molecule has 0 saturated carbocycles. The van der Waals surface area contributed by atoms with Gasteiger partial charge in [-0.2, -0.15) is 0 Å². The standard InChI is InChI=1S/C53H33N3O/c1-3-13-34(14-4-1)38-19-9-20-40(31-38)51-54-52(41-28-27-35-15-7-8-18-37(35)32-41)56-53(55-51)47-25-12-26-48-50(47)46-30-29-39(33-49(46)57-48)43-22-11-23-44-42(21-10-24-45(43)44)36-16-5-2-6-17-36/h1-33H. The van der Waals surface area contributed by atoms with E-state index in [1.54, 1.807) is 0 Å². The van der Waals surface area contributed by atoms with Crippen LogP contribution in [0.2, 0.25) is 0 Å². The van der Waals surface area contributed by atoms with Crippen LogP contribution in [0.5, 0.6) is 0 Å². The molecule has 0 N–H and O–H groups in total. The van der Waals surface area contributed by atoms with Crippen molar-refractivity contribution in [3.05, 3.63) is 200 Å². The Bertz CT molecular complexity index is 3300. The maximum absolute atomic E-state index is 6.65. The topological polar surface area (TPSA) is 51.8 Å². The Morgan fingerprint density at radius 2 is 0.842 bits per heavy atom. The minimum atomic E-state index is 0.591. The second-order valence-corrected chi connectivity index (χ2v) is 14.4. The number of benzene rings is 9. The molecule has 4 heteroatoms. The van der Waals surface area contributed by atoms with Crippen LogP contribution in [0.25, 0.3) is 111 Å². The van der Waals surface area contributed by atoms with Crippen LogP contribution in [0.15, 0.2) is 205 Å². The fourth-order valence-corrected chi connectivity index (χ4v) is 8.16. The van der Waals surface area contributed by atoms with E-state index in [-0.39, 0.29) is 0 Å². The quantitative estimate of drug-likeness (QED) is 0.171. The van der Waals surface area contributed by atoms with E-state index in [2.05, 4.69) is 182 Å². The maximum atomic E-state index is 6.65. The van der Waals surface area contributed by atoms with Gasteiger partial charge in [0, 0.05) is 27.5 Å². The number of aromatic nitrogens is 3. The summed E-state index contributed by atoms with van der Waals surface area (Å²) >= 11 is 0. The van der Waals surface area contributed by atoms with Gasteiger partial charge in [-0.15, -0.1) is 0 Å². The van der Waals surface area contributed by atoms with Crippen LogP contribution in [0.3, 0.4) is 0 Å². The van der Waals surface area contributed by atoms with E-state index < -0.39 is 0 Å². The smallest absolute Gasteiger partial charge is 0.164 e. The lowest BCUT2D eigenvalue weighted by molar-refractivity contribution is 0.669. The first-order valence-corrected chi connectivity index (χ1v) is 19.2. The zero-order valence-corrected chi connectivity index (χ0v) is 30.8. The molecule has 11 aromatic rings. The number of hydrogen-bond acceptors (Lipinski definition) is 4. The molecule has 57 heavy (non-hydrogen) atoms. The summed E-state index contributed by atoms with van der Waals surface area (Å²) in [5.74, 6) is 1.82. The number of fused-ring (bicyclic) bond motifs is 5. The molecule has 0 unspecified atom stereocenters. The Morgan fingerprint density at radius 3 is 1.61 bits per heavy atom. The molecule has 266 valence electrons. The zero-order valence-electron chi connectivity index (χ0n) is 30.8. The molecular weight excluding hydrogens is 695 g/mol. The number of rotatable bonds is 6. The molecule has 0 aliphatic heterocycles. The molecule has 2 aromatic heterocycles. The molecule has 0 radical (unpaired) electrons. The predicted octanol–water partition coefficient (Wildman–Crippen LogP) is 14.1. The second kappa shape index (κ2) is 13.6. The van der Waals surface area contributed by atoms with Gasteiger partial charge in [0.25, 0.3) is 0 Å². The number of hydrogen-bond donors (Lipinski definition) is 0. The molecule has 0 amide bonds. The Hall–Kier alpha value is -7.69. The van der Waals surface area contributed by atoms with Crippen molar-refractivity contribution >= 4 is 43.5 Å². The van der Waals surface area contributed by atoms with Gasteiger partial charge in [0.2, 0.25) is 0 Å². The Labute approximate surface area is 329 Å². The first-order chi connectivity index (χ1) is 28.2. The van der Waals surface area contributed by atoms with E-state index in [0.29, 0.717) is 17.5 Å². The van der Waals surface area contributed by atoms with E-state index in [1.165, 1.54) is 27.3 Å². The van der Waals surface area contributed by atoms with E-state index in [1.807, 2.05) is 18.2 Å². The lowest BCUT2D eigenvalue weighted by Gasteiger charge is -2.11. The van der Waals surface area contributed by atoms with Crippen LogP contribution < -0.4 is 0 Å². The van der Waals surface area contributed by atoms with Gasteiger partial charge in [-0.25, -0.2) is 15.0 Å². The van der Waals surface area contributed by atoms with Crippen LogP contribution >= 0.6 is 0 Å². The van der Waals surface area contributed by atoms with E-state index in [4.69, 9.17) is 19.4 Å². The van der Waals surface area contributed by atoms with Crippen molar-refractivity contribution in [3.8, 4) is 67.5 Å². The van der Waals surface area contributed by atoms with Crippen LogP contribution in [-0.2, 0) is 0 Å². The lowest BCUT2D eigenvalue weighted by atomic mass is 9.92. The van der Waals surface area contributed by atoms with Crippen molar-refractivity contribution in [2.24, 2.45) is 0 Å². The molecule has 0 atom stereocenters. The summed E-state index contributed by atoms with van der Waals surface area (Å²) in [6, 6.07) is 69.9. The van der Waals surface area contributed by atoms with E-state index in [9.17, 15) is 0 Å². The molecule has 0 fully saturated rings. The van der Waals surface area contributed by atoms with Crippen molar-refractivity contribution in [2.45, 2.75) is 0 Å². The minimum Gasteiger partial charge on any atom is -0.456 e. The van der Waals surface area contributed by atoms with Crippen LogP contribution in [-0.4, -0.2) is 15.0 Å². The summed E-state index contributed by atoms with van der Waals surface area (Å²) in [5.41, 5.74) is 11.2. The summed E-state index contributed by atoms with van der Waals surface area (Å²) < 4.78 is 6.65. The normalized spacial score (nSPS) is 11.5. The first kappa shape index (κ1) is 32.7. The summed E-state index contributed by atoms with van der Waals surface area (Å²) in [4.78, 5) is 15.5. The van der Waals surface area contributed by atoms with E-state index in [0.717, 1.165) is 66.3 Å². The van der Waals surface area contributed by atoms with Gasteiger partial charge in [-0.1, -0.05) is 170 Å². The van der Waals surface area contributed by atoms with Gasteiger partial charge >= 0.3 is 0 Å². The lowest BCUT2D eigenvalue weighted by Crippen LogP contribution is -2.00. The molecule has 11 rings (SSSR count). The highest BCUT2D eigenvalue weighted by Crippen LogP contribution is 2.40. The van der Waals surface area contributed by atoms with Gasteiger partial charge in [0.05, 0.1) is 0 Å². The Morgan fingerprint density at radius 1 is 0.281 bits per heavy atom. The maximum Gasteiger partial charge on any atom is 0.164 e. The first-order valence-electron chi connectivity index (χ1n) is 19.2. The van der Waals surface area contributed by atoms with Crippen molar-refractivity contribution in [1.29, 1.82) is 0 Å². The average Bonchev–Trinajstić information content (AvgIpc) is 3.67. The van der Waals surface area contributed by atoms with Crippen LogP contribution in [0.4, 0.5) is 0 Å². The minimum absolute atomic E-state index is 0.591. The summed E-state index contributed by atoms with van der Waals surface area (Å²) in [5, 5.41) is 6.70. The van der Waals surface area contributed by atoms with Gasteiger partial charge in [0.15, 0.2) is 17.5 Å². The fourth-order valence-electron chi connectivity index (χ4n) is 8.16. The van der Waals surface area contributed by atoms with E-state index >= 15 is 0 Å².